The molecule has 0 aliphatic carbocycles. The maximum absolute atomic E-state index is 12.2. The molecule has 0 aromatic rings. The third kappa shape index (κ3) is 39.2. The summed E-state index contributed by atoms with van der Waals surface area (Å²) in [5.41, 5.74) is 0. The van der Waals surface area contributed by atoms with E-state index in [1.807, 2.05) is 35.3 Å². The highest BCUT2D eigenvalue weighted by atomic mass is 32.2. The number of carbonyl (C=O) groups excluding carboxylic acids is 3. The van der Waals surface area contributed by atoms with Crippen LogP contribution in [0, 0.1) is 0 Å². The van der Waals surface area contributed by atoms with E-state index in [0.717, 1.165) is 67.7 Å². The van der Waals surface area contributed by atoms with E-state index in [1.165, 1.54) is 58.8 Å². The number of thioether (sulfide) groups is 11. The summed E-state index contributed by atoms with van der Waals surface area (Å²) in [4.78, 5) is 35.3. The lowest BCUT2D eigenvalue weighted by Crippen LogP contribution is -2.06. The smallest absolute Gasteiger partial charge is 0.307 e. The van der Waals surface area contributed by atoms with Crippen LogP contribution in [-0.2, 0) is 34.7 Å². The molecular formula is C25H46O8S12. The Hall–Kier alpha value is 2.53. The summed E-state index contributed by atoms with van der Waals surface area (Å²) in [6, 6.07) is 0. The van der Waals surface area contributed by atoms with Crippen LogP contribution in [0.2, 0.25) is 0 Å². The van der Waals surface area contributed by atoms with Gasteiger partial charge in [0, 0.05) is 88.7 Å². The van der Waals surface area contributed by atoms with Gasteiger partial charge in [-0.3, -0.25) is 18.6 Å². The Kier molecular flexibility index (Phi) is 41.5. The average molecular weight is 859 g/mol. The molecule has 20 heteroatoms. The maximum atomic E-state index is 12.2. The zero-order valence-electron chi connectivity index (χ0n) is 25.3. The van der Waals surface area contributed by atoms with Crippen molar-refractivity contribution in [2.45, 2.75) is 25.7 Å². The van der Waals surface area contributed by atoms with Gasteiger partial charge < -0.3 is 19.7 Å². The van der Waals surface area contributed by atoms with Crippen molar-refractivity contribution < 1.29 is 38.3 Å². The second-order valence-corrected chi connectivity index (χ2v) is 23.1. The predicted molar refractivity (Wildman–Crippen MR) is 219 cm³/mol. The normalized spacial score (nSPS) is 11.9. The van der Waals surface area contributed by atoms with Crippen molar-refractivity contribution >= 4 is 157 Å². The Labute approximate surface area is 319 Å². The fourth-order valence-electron chi connectivity index (χ4n) is 2.48. The zero-order valence-corrected chi connectivity index (χ0v) is 35.1. The van der Waals surface area contributed by atoms with Gasteiger partial charge in [-0.15, -0.1) is 47.0 Å². The van der Waals surface area contributed by atoms with Gasteiger partial charge in [-0.2, -0.15) is 70.6 Å². The van der Waals surface area contributed by atoms with Crippen LogP contribution in [-0.4, -0.2) is 132 Å². The molecule has 1 unspecified atom stereocenters. The topological polar surface area (TPSA) is 127 Å². The molecule has 0 saturated carbocycles. The molecule has 45 heavy (non-hydrogen) atoms. The van der Waals surface area contributed by atoms with Crippen LogP contribution in [0.3, 0.4) is 0 Å². The molecular weight excluding hydrogens is 813 g/mol. The summed E-state index contributed by atoms with van der Waals surface area (Å²) in [6.45, 7) is 0. The minimum atomic E-state index is -0.777. The monoisotopic (exact) mass is 858 g/mol. The first-order valence-corrected chi connectivity index (χ1v) is 27.8. The van der Waals surface area contributed by atoms with E-state index < -0.39 is 10.8 Å². The summed E-state index contributed by atoms with van der Waals surface area (Å²) in [7, 11) is -0.777. The van der Waals surface area contributed by atoms with E-state index in [4.69, 9.17) is 19.7 Å². The van der Waals surface area contributed by atoms with E-state index in [2.05, 4.69) is 0 Å². The van der Waals surface area contributed by atoms with Gasteiger partial charge in [0.15, 0.2) is 5.12 Å². The second kappa shape index (κ2) is 39.3. The number of hydrogen-bond acceptors (Lipinski definition) is 19. The Morgan fingerprint density at radius 2 is 0.978 bits per heavy atom. The van der Waals surface area contributed by atoms with Gasteiger partial charge in [0.05, 0.1) is 24.7 Å². The average Bonchev–Trinajstić information content (AvgIpc) is 3.02. The van der Waals surface area contributed by atoms with Crippen molar-refractivity contribution in [2.24, 2.45) is 0 Å². The molecule has 0 heterocycles. The van der Waals surface area contributed by atoms with Gasteiger partial charge >= 0.3 is 11.9 Å². The second-order valence-electron chi connectivity index (χ2n) is 8.05. The van der Waals surface area contributed by atoms with Crippen LogP contribution >= 0.6 is 129 Å². The molecule has 266 valence electrons. The SMILES string of the molecule is O=C(CCSCSCCCS(=O)CCSCSCCSC(=O)CCSCSCCC(=O)OCSCSCO)OCSCSCO. The molecule has 0 aromatic carbocycles. The van der Waals surface area contributed by atoms with E-state index >= 15 is 0 Å². The Morgan fingerprint density at radius 3 is 1.53 bits per heavy atom. The summed E-state index contributed by atoms with van der Waals surface area (Å²) in [6.07, 6.45) is 2.30. The first-order chi connectivity index (χ1) is 22.0. The minimum Gasteiger partial charge on any atom is -0.455 e. The Balaban J connectivity index is 3.36. The Morgan fingerprint density at radius 1 is 0.511 bits per heavy atom. The molecule has 0 fully saturated rings. The van der Waals surface area contributed by atoms with E-state index in [-0.39, 0.29) is 28.9 Å². The van der Waals surface area contributed by atoms with Gasteiger partial charge in [-0.05, 0) is 12.2 Å². The quantitative estimate of drug-likeness (QED) is 0.0405. The molecule has 0 rings (SSSR count). The molecule has 0 aliphatic rings. The van der Waals surface area contributed by atoms with Crippen LogP contribution < -0.4 is 0 Å². The number of aliphatic hydroxyl groups is 2. The van der Waals surface area contributed by atoms with Crippen LogP contribution in [0.4, 0.5) is 0 Å². The van der Waals surface area contributed by atoms with Gasteiger partial charge in [0.1, 0.15) is 11.9 Å². The van der Waals surface area contributed by atoms with Crippen molar-refractivity contribution in [1.82, 2.24) is 0 Å². The van der Waals surface area contributed by atoms with E-state index in [9.17, 15) is 18.6 Å². The third-order valence-electron chi connectivity index (χ3n) is 4.58. The molecule has 0 bridgehead atoms. The number of esters is 2. The summed E-state index contributed by atoms with van der Waals surface area (Å²) < 4.78 is 22.4. The van der Waals surface area contributed by atoms with Crippen LogP contribution in [0.1, 0.15) is 25.7 Å². The molecule has 0 saturated heterocycles. The van der Waals surface area contributed by atoms with Gasteiger partial charge in [-0.25, -0.2) is 0 Å². The molecule has 0 aromatic heterocycles. The highest BCUT2D eigenvalue weighted by Gasteiger charge is 2.06. The lowest BCUT2D eigenvalue weighted by molar-refractivity contribution is -0.141. The molecule has 0 spiro atoms. The minimum absolute atomic E-state index is 0.0760. The van der Waals surface area contributed by atoms with Crippen LogP contribution in [0.5, 0.6) is 0 Å². The largest absolute Gasteiger partial charge is 0.455 e. The fourth-order valence-corrected chi connectivity index (χ4v) is 14.0. The summed E-state index contributed by atoms with van der Waals surface area (Å²) in [5.74, 6) is 7.77. The first-order valence-electron chi connectivity index (χ1n) is 13.8. The number of ether oxygens (including phenoxy) is 2. The van der Waals surface area contributed by atoms with Crippen molar-refractivity contribution in [3.63, 3.8) is 0 Å². The van der Waals surface area contributed by atoms with Crippen molar-refractivity contribution in [1.29, 1.82) is 0 Å². The number of hydrogen-bond donors (Lipinski definition) is 2. The lowest BCUT2D eigenvalue weighted by atomic mass is 10.5. The molecule has 0 aliphatic heterocycles. The fraction of sp³-hybridized carbons (Fsp3) is 0.880. The standard InChI is InChI=1S/C25H46O8S12/c26-14-40-21-42-16-32-23(28)2-6-35-18-34-5-1-12-45(31)13-11-39-20-38-9-10-44-25(30)4-8-37-19-36-7-3-24(29)33-17-43-22-41-15-27/h26-27H,1-22H2. The zero-order chi connectivity index (χ0) is 33.1. The molecule has 8 nitrogen and oxygen atoms in total. The maximum Gasteiger partial charge on any atom is 0.307 e. The lowest BCUT2D eigenvalue weighted by Gasteiger charge is -2.05. The molecule has 0 amide bonds. The van der Waals surface area contributed by atoms with Gasteiger partial charge in [-0.1, -0.05) is 11.8 Å². The van der Waals surface area contributed by atoms with E-state index in [1.54, 1.807) is 35.3 Å². The van der Waals surface area contributed by atoms with Crippen LogP contribution in [0.25, 0.3) is 0 Å². The summed E-state index contributed by atoms with van der Waals surface area (Å²) >= 11 is 17.7. The first kappa shape index (κ1) is 47.5. The third-order valence-corrected chi connectivity index (χ3v) is 18.1. The van der Waals surface area contributed by atoms with Crippen molar-refractivity contribution in [3.05, 3.63) is 0 Å². The number of aliphatic hydroxyl groups excluding tert-OH is 2. The van der Waals surface area contributed by atoms with Crippen molar-refractivity contribution in [2.75, 3.05) is 101 Å². The highest BCUT2D eigenvalue weighted by Crippen LogP contribution is 2.19. The summed E-state index contributed by atoms with van der Waals surface area (Å²) in [5, 5.41) is 21.7. The Bertz CT molecular complexity index is 742. The number of rotatable bonds is 35. The van der Waals surface area contributed by atoms with Crippen molar-refractivity contribution in [3.8, 4) is 0 Å². The van der Waals surface area contributed by atoms with Gasteiger partial charge in [0.25, 0.3) is 0 Å². The predicted octanol–water partition coefficient (Wildman–Crippen LogP) is 6.58. The highest BCUT2D eigenvalue weighted by molar-refractivity contribution is 8.18. The molecule has 0 radical (unpaired) electrons. The van der Waals surface area contributed by atoms with Gasteiger partial charge in [0.2, 0.25) is 0 Å². The molecule has 2 N–H and O–H groups in total. The van der Waals surface area contributed by atoms with Crippen LogP contribution in [0.15, 0.2) is 0 Å². The number of carbonyl (C=O) groups is 3. The van der Waals surface area contributed by atoms with E-state index in [0.29, 0.717) is 47.1 Å². The molecule has 1 atom stereocenters.